The molecule has 31 heavy (non-hydrogen) atoms. The lowest BCUT2D eigenvalue weighted by Gasteiger charge is -2.28. The first-order chi connectivity index (χ1) is 14.8. The Morgan fingerprint density at radius 3 is 2.65 bits per heavy atom. The predicted molar refractivity (Wildman–Crippen MR) is 112 cm³/mol. The van der Waals surface area contributed by atoms with Crippen LogP contribution in [0, 0.1) is 11.6 Å². The quantitative estimate of drug-likeness (QED) is 0.653. The highest BCUT2D eigenvalue weighted by Gasteiger charge is 2.39. The average Bonchev–Trinajstić information content (AvgIpc) is 3.25. The van der Waals surface area contributed by atoms with Crippen LogP contribution in [0.15, 0.2) is 36.4 Å². The summed E-state index contributed by atoms with van der Waals surface area (Å²) in [5.41, 5.74) is 3.97. The number of halogens is 3. The zero-order chi connectivity index (χ0) is 21.9. The Balaban J connectivity index is 1.69. The number of hydrogen-bond donors (Lipinski definition) is 1. The van der Waals surface area contributed by atoms with Gasteiger partial charge in [-0.25, -0.2) is 8.78 Å². The van der Waals surface area contributed by atoms with Crippen molar-refractivity contribution in [1.82, 2.24) is 14.7 Å². The number of aromatic nitrogens is 2. The van der Waals surface area contributed by atoms with E-state index in [1.807, 2.05) is 12.1 Å². The fourth-order valence-electron chi connectivity index (χ4n) is 4.71. The Bertz CT molecular complexity index is 1190. The van der Waals surface area contributed by atoms with Crippen molar-refractivity contribution in [2.24, 2.45) is 0 Å². The van der Waals surface area contributed by atoms with Gasteiger partial charge >= 0.3 is 0 Å². The van der Waals surface area contributed by atoms with Crippen molar-refractivity contribution in [2.45, 2.75) is 38.5 Å². The smallest absolute Gasteiger partial charge is 0.219 e. The zero-order valence-corrected chi connectivity index (χ0v) is 17.5. The van der Waals surface area contributed by atoms with Crippen molar-refractivity contribution in [1.29, 1.82) is 0 Å². The van der Waals surface area contributed by atoms with E-state index in [0.717, 1.165) is 22.9 Å². The highest BCUT2D eigenvalue weighted by Crippen LogP contribution is 2.40. The number of hydrogen-bond acceptors (Lipinski definition) is 3. The molecule has 0 unspecified atom stereocenters. The molecule has 0 fully saturated rings. The van der Waals surface area contributed by atoms with Crippen molar-refractivity contribution in [3.63, 3.8) is 0 Å². The Morgan fingerprint density at radius 2 is 1.94 bits per heavy atom. The normalized spacial score (nSPS) is 20.0. The van der Waals surface area contributed by atoms with Gasteiger partial charge in [-0.3, -0.25) is 9.48 Å². The fourth-order valence-corrected chi connectivity index (χ4v) is 4.84. The minimum Gasteiger partial charge on any atom is -0.390 e. The van der Waals surface area contributed by atoms with Crippen LogP contribution in [-0.4, -0.2) is 38.3 Å². The second kappa shape index (κ2) is 7.43. The summed E-state index contributed by atoms with van der Waals surface area (Å²) in [6.45, 7) is 2.43. The van der Waals surface area contributed by atoms with Gasteiger partial charge in [-0.05, 0) is 29.3 Å². The number of benzene rings is 2. The summed E-state index contributed by atoms with van der Waals surface area (Å²) in [4.78, 5) is 13.8. The highest BCUT2D eigenvalue weighted by molar-refractivity contribution is 6.30. The molecule has 1 aromatic heterocycles. The third kappa shape index (κ3) is 3.32. The molecule has 0 spiro atoms. The maximum atomic E-state index is 14.4. The number of rotatable bonds is 2. The van der Waals surface area contributed by atoms with Gasteiger partial charge < -0.3 is 10.0 Å². The molecule has 1 aliphatic carbocycles. The zero-order valence-electron chi connectivity index (χ0n) is 16.8. The maximum absolute atomic E-state index is 14.4. The number of amides is 1. The Hall–Kier alpha value is -2.77. The van der Waals surface area contributed by atoms with E-state index in [1.165, 1.54) is 13.0 Å². The van der Waals surface area contributed by atoms with Gasteiger partial charge in [-0.15, -0.1) is 0 Å². The Kier molecular flexibility index (Phi) is 4.83. The van der Waals surface area contributed by atoms with Crippen molar-refractivity contribution < 1.29 is 18.7 Å². The maximum Gasteiger partial charge on any atom is 0.219 e. The molecule has 0 bridgehead atoms. The van der Waals surface area contributed by atoms with Crippen LogP contribution in [0.25, 0.3) is 11.3 Å². The van der Waals surface area contributed by atoms with Crippen LogP contribution in [0.2, 0.25) is 5.02 Å². The average molecular weight is 444 g/mol. The van der Waals surface area contributed by atoms with Crippen molar-refractivity contribution in [3.8, 4) is 11.3 Å². The fraction of sp³-hybridized carbons (Fsp3) is 0.304. The van der Waals surface area contributed by atoms with Gasteiger partial charge in [-0.2, -0.15) is 5.10 Å². The minimum absolute atomic E-state index is 0.0316. The molecule has 5 nitrogen and oxygen atoms in total. The first-order valence-corrected chi connectivity index (χ1v) is 10.5. The minimum atomic E-state index is -0.931. The largest absolute Gasteiger partial charge is 0.390 e. The molecule has 160 valence electrons. The van der Waals surface area contributed by atoms with Crippen LogP contribution in [0.4, 0.5) is 8.78 Å². The molecule has 2 heterocycles. The SMILES string of the molecule is CC(=O)N1CCc2c(c(-c3ccc(Cl)cc3)nn2[C@H]2c3cc(F)cc(F)c3C[C@H]2O)C1. The molecule has 1 amide bonds. The second-order valence-corrected chi connectivity index (χ2v) is 8.52. The molecule has 1 N–H and O–H groups in total. The molecular formula is C23H20ClF2N3O2. The molecule has 1 aliphatic heterocycles. The summed E-state index contributed by atoms with van der Waals surface area (Å²) >= 11 is 6.04. The van der Waals surface area contributed by atoms with Gasteiger partial charge in [-0.1, -0.05) is 23.7 Å². The van der Waals surface area contributed by atoms with E-state index in [9.17, 15) is 18.7 Å². The van der Waals surface area contributed by atoms with Gasteiger partial charge in [0.25, 0.3) is 0 Å². The monoisotopic (exact) mass is 443 g/mol. The number of carbonyl (C=O) groups excluding carboxylic acids is 1. The van der Waals surface area contributed by atoms with Gasteiger partial charge in [0.1, 0.15) is 17.7 Å². The summed E-state index contributed by atoms with van der Waals surface area (Å²) in [6, 6.07) is 8.65. The van der Waals surface area contributed by atoms with Crippen molar-refractivity contribution in [2.75, 3.05) is 6.54 Å². The number of aliphatic hydroxyl groups excluding tert-OH is 1. The molecule has 5 rings (SSSR count). The number of carbonyl (C=O) groups is 1. The summed E-state index contributed by atoms with van der Waals surface area (Å²) in [6.07, 6.45) is -0.304. The molecule has 8 heteroatoms. The van der Waals surface area contributed by atoms with Crippen LogP contribution in [-0.2, 0) is 24.2 Å². The second-order valence-electron chi connectivity index (χ2n) is 8.09. The number of nitrogens with zero attached hydrogens (tertiary/aromatic N) is 3. The molecule has 2 aliphatic rings. The van der Waals surface area contributed by atoms with Gasteiger partial charge in [0.05, 0.1) is 11.8 Å². The number of aliphatic hydroxyl groups is 1. The highest BCUT2D eigenvalue weighted by atomic mass is 35.5. The third-order valence-electron chi connectivity index (χ3n) is 6.20. The van der Waals surface area contributed by atoms with Crippen molar-refractivity contribution >= 4 is 17.5 Å². The van der Waals surface area contributed by atoms with E-state index in [-0.39, 0.29) is 12.3 Å². The lowest BCUT2D eigenvalue weighted by Crippen LogP contribution is -2.35. The van der Waals surface area contributed by atoms with Gasteiger partial charge in [0.2, 0.25) is 5.91 Å². The molecule has 0 radical (unpaired) electrons. The molecule has 2 aromatic carbocycles. The van der Waals surface area contributed by atoms with Crippen LogP contribution in [0.5, 0.6) is 0 Å². The summed E-state index contributed by atoms with van der Waals surface area (Å²) in [5, 5.41) is 16.2. The number of fused-ring (bicyclic) bond motifs is 2. The van der Waals surface area contributed by atoms with Crippen molar-refractivity contribution in [3.05, 3.63) is 75.4 Å². The van der Waals surface area contributed by atoms with Crippen LogP contribution in [0.1, 0.15) is 35.3 Å². The van der Waals surface area contributed by atoms with Gasteiger partial charge in [0, 0.05) is 60.8 Å². The van der Waals surface area contributed by atoms with Gasteiger partial charge in [0.15, 0.2) is 0 Å². The van der Waals surface area contributed by atoms with Crippen LogP contribution >= 0.6 is 11.6 Å². The van der Waals surface area contributed by atoms with E-state index >= 15 is 0 Å². The standard InChI is InChI=1S/C23H20ClF2N3O2/c1-12(30)28-7-6-20-18(11-28)22(13-2-4-14(24)5-3-13)27-29(20)23-17-8-15(25)9-19(26)16(17)10-21(23)31/h2-5,8-9,21,23,31H,6-7,10-11H2,1H3/t21-,23+/m1/s1. The summed E-state index contributed by atoms with van der Waals surface area (Å²) in [7, 11) is 0. The summed E-state index contributed by atoms with van der Waals surface area (Å²) in [5.74, 6) is -1.37. The predicted octanol–water partition coefficient (Wildman–Crippen LogP) is 3.89. The molecule has 0 saturated heterocycles. The molecular weight excluding hydrogens is 424 g/mol. The van der Waals surface area contributed by atoms with E-state index < -0.39 is 23.8 Å². The van der Waals surface area contributed by atoms with E-state index in [0.29, 0.717) is 41.4 Å². The van der Waals surface area contributed by atoms with E-state index in [2.05, 4.69) is 0 Å². The molecule has 2 atom stereocenters. The van der Waals surface area contributed by atoms with E-state index in [1.54, 1.807) is 21.7 Å². The lowest BCUT2D eigenvalue weighted by atomic mass is 10.00. The summed E-state index contributed by atoms with van der Waals surface area (Å²) < 4.78 is 30.1. The Labute approximate surface area is 182 Å². The molecule has 3 aromatic rings. The first-order valence-electron chi connectivity index (χ1n) is 10.1. The topological polar surface area (TPSA) is 58.4 Å². The van der Waals surface area contributed by atoms with E-state index in [4.69, 9.17) is 16.7 Å². The Morgan fingerprint density at radius 1 is 1.19 bits per heavy atom. The van der Waals surface area contributed by atoms with Crippen LogP contribution < -0.4 is 0 Å². The first kappa shape index (κ1) is 20.2. The third-order valence-corrected chi connectivity index (χ3v) is 6.46. The molecule has 0 saturated carbocycles. The van der Waals surface area contributed by atoms with Crippen LogP contribution in [0.3, 0.4) is 0 Å². The lowest BCUT2D eigenvalue weighted by molar-refractivity contribution is -0.129.